The largest absolute Gasteiger partial charge is 0.508 e. The Labute approximate surface area is 109 Å². The average molecular weight is 249 g/mol. The van der Waals surface area contributed by atoms with Crippen LogP contribution in [0.1, 0.15) is 50.7 Å². The lowest BCUT2D eigenvalue weighted by molar-refractivity contribution is 0.125. The first-order valence-corrected chi connectivity index (χ1v) is 6.90. The van der Waals surface area contributed by atoms with Gasteiger partial charge < -0.3 is 15.5 Å². The Balaban J connectivity index is 1.91. The third-order valence-corrected chi connectivity index (χ3v) is 3.81. The zero-order chi connectivity index (χ0) is 13.0. The summed E-state index contributed by atoms with van der Waals surface area (Å²) >= 11 is 0. The molecule has 0 unspecified atom stereocenters. The van der Waals surface area contributed by atoms with Gasteiger partial charge in [-0.2, -0.15) is 0 Å². The number of hydrogen-bond donors (Lipinski definition) is 3. The normalized spacial score (nSPS) is 20.6. The number of hydrogen-bond acceptors (Lipinski definition) is 3. The molecule has 0 aliphatic heterocycles. The number of phenols is 1. The summed E-state index contributed by atoms with van der Waals surface area (Å²) in [6.07, 6.45) is 5.83. The standard InChI is InChI=1S/C15H23NO2/c1-11(16-13-5-3-2-4-6-13)15(18)12-7-9-14(17)10-8-12/h7-11,13,15-18H,2-6H2,1H3/t11-,15-/m1/s1. The van der Waals surface area contributed by atoms with E-state index in [1.807, 2.05) is 6.92 Å². The van der Waals surface area contributed by atoms with Gasteiger partial charge in [-0.15, -0.1) is 0 Å². The summed E-state index contributed by atoms with van der Waals surface area (Å²) in [6, 6.07) is 7.37. The second kappa shape index (κ2) is 6.21. The number of aliphatic hydroxyl groups is 1. The van der Waals surface area contributed by atoms with Gasteiger partial charge in [-0.1, -0.05) is 31.4 Å². The third-order valence-electron chi connectivity index (χ3n) is 3.81. The van der Waals surface area contributed by atoms with Crippen molar-refractivity contribution in [1.29, 1.82) is 0 Å². The van der Waals surface area contributed by atoms with Crippen molar-refractivity contribution < 1.29 is 10.2 Å². The molecule has 3 N–H and O–H groups in total. The lowest BCUT2D eigenvalue weighted by Crippen LogP contribution is -2.41. The molecule has 2 rings (SSSR count). The minimum Gasteiger partial charge on any atom is -0.508 e. The Morgan fingerprint density at radius 3 is 2.33 bits per heavy atom. The van der Waals surface area contributed by atoms with E-state index in [0.717, 1.165) is 5.56 Å². The molecule has 0 heterocycles. The first kappa shape index (κ1) is 13.4. The third kappa shape index (κ3) is 3.47. The van der Waals surface area contributed by atoms with Crippen LogP contribution in [0.2, 0.25) is 0 Å². The van der Waals surface area contributed by atoms with Gasteiger partial charge in [0, 0.05) is 12.1 Å². The lowest BCUT2D eigenvalue weighted by Gasteiger charge is -2.29. The Kier molecular flexibility index (Phi) is 4.61. The lowest BCUT2D eigenvalue weighted by atomic mass is 9.94. The molecule has 18 heavy (non-hydrogen) atoms. The number of aliphatic hydroxyl groups excluding tert-OH is 1. The predicted molar refractivity (Wildman–Crippen MR) is 72.5 cm³/mol. The van der Waals surface area contributed by atoms with E-state index >= 15 is 0 Å². The monoisotopic (exact) mass is 249 g/mol. The molecular weight excluding hydrogens is 226 g/mol. The molecule has 1 saturated carbocycles. The molecule has 2 atom stereocenters. The fourth-order valence-corrected chi connectivity index (χ4v) is 2.69. The van der Waals surface area contributed by atoms with Crippen LogP contribution in [0.3, 0.4) is 0 Å². The van der Waals surface area contributed by atoms with Gasteiger partial charge in [-0.3, -0.25) is 0 Å². The van der Waals surface area contributed by atoms with Crippen LogP contribution < -0.4 is 5.32 Å². The van der Waals surface area contributed by atoms with Crippen molar-refractivity contribution in [2.24, 2.45) is 0 Å². The molecule has 0 saturated heterocycles. The van der Waals surface area contributed by atoms with Crippen molar-refractivity contribution >= 4 is 0 Å². The highest BCUT2D eigenvalue weighted by molar-refractivity contribution is 5.27. The molecule has 0 spiro atoms. The summed E-state index contributed by atoms with van der Waals surface area (Å²) in [6.45, 7) is 2.02. The molecule has 1 aliphatic rings. The Morgan fingerprint density at radius 2 is 1.72 bits per heavy atom. The van der Waals surface area contributed by atoms with E-state index in [0.29, 0.717) is 6.04 Å². The van der Waals surface area contributed by atoms with Crippen molar-refractivity contribution in [3.63, 3.8) is 0 Å². The first-order chi connectivity index (χ1) is 8.66. The summed E-state index contributed by atoms with van der Waals surface area (Å²) in [5.74, 6) is 0.235. The molecule has 0 aromatic heterocycles. The Bertz CT molecular complexity index is 357. The van der Waals surface area contributed by atoms with Gasteiger partial charge in [0.1, 0.15) is 5.75 Å². The van der Waals surface area contributed by atoms with Crippen LogP contribution in [0.5, 0.6) is 5.75 Å². The van der Waals surface area contributed by atoms with Gasteiger partial charge in [0.05, 0.1) is 6.10 Å². The summed E-state index contributed by atoms with van der Waals surface area (Å²) in [5, 5.41) is 23.0. The number of phenolic OH excluding ortho intramolecular Hbond substituents is 1. The van der Waals surface area contributed by atoms with Gasteiger partial charge in [-0.05, 0) is 37.5 Å². The number of aromatic hydroxyl groups is 1. The molecule has 0 amide bonds. The minimum atomic E-state index is -0.521. The molecule has 3 nitrogen and oxygen atoms in total. The Hall–Kier alpha value is -1.06. The summed E-state index contributed by atoms with van der Waals surface area (Å²) in [7, 11) is 0. The second-order valence-corrected chi connectivity index (χ2v) is 5.33. The van der Waals surface area contributed by atoms with E-state index in [9.17, 15) is 10.2 Å². The van der Waals surface area contributed by atoms with Crippen LogP contribution in [-0.4, -0.2) is 22.3 Å². The number of nitrogens with one attached hydrogen (secondary N) is 1. The summed E-state index contributed by atoms with van der Waals surface area (Å²) in [4.78, 5) is 0. The van der Waals surface area contributed by atoms with Crippen LogP contribution in [0, 0.1) is 0 Å². The highest BCUT2D eigenvalue weighted by Crippen LogP contribution is 2.22. The maximum absolute atomic E-state index is 10.3. The highest BCUT2D eigenvalue weighted by atomic mass is 16.3. The van der Waals surface area contributed by atoms with E-state index in [1.54, 1.807) is 24.3 Å². The van der Waals surface area contributed by atoms with Crippen LogP contribution in [0.15, 0.2) is 24.3 Å². The average Bonchev–Trinajstić information content (AvgIpc) is 2.40. The van der Waals surface area contributed by atoms with E-state index in [-0.39, 0.29) is 11.8 Å². The minimum absolute atomic E-state index is 0.0395. The van der Waals surface area contributed by atoms with Gasteiger partial charge in [-0.25, -0.2) is 0 Å². The molecular formula is C15H23NO2. The molecule has 1 aromatic rings. The topological polar surface area (TPSA) is 52.5 Å². The van der Waals surface area contributed by atoms with E-state index < -0.39 is 6.10 Å². The molecule has 1 aromatic carbocycles. The highest BCUT2D eigenvalue weighted by Gasteiger charge is 2.21. The van der Waals surface area contributed by atoms with Crippen LogP contribution in [0.25, 0.3) is 0 Å². The maximum Gasteiger partial charge on any atom is 0.115 e. The fraction of sp³-hybridized carbons (Fsp3) is 0.600. The zero-order valence-corrected chi connectivity index (χ0v) is 11.0. The molecule has 1 aliphatic carbocycles. The van der Waals surface area contributed by atoms with Crippen molar-refractivity contribution in [2.75, 3.05) is 0 Å². The second-order valence-electron chi connectivity index (χ2n) is 5.33. The maximum atomic E-state index is 10.3. The molecule has 3 heteroatoms. The van der Waals surface area contributed by atoms with Crippen molar-refractivity contribution in [2.45, 2.75) is 57.2 Å². The SMILES string of the molecule is C[C@@H](NC1CCCCC1)[C@@H](O)c1ccc(O)cc1. The molecule has 100 valence electrons. The van der Waals surface area contributed by atoms with Gasteiger partial charge in [0.15, 0.2) is 0 Å². The van der Waals surface area contributed by atoms with Crippen LogP contribution in [-0.2, 0) is 0 Å². The molecule has 0 bridgehead atoms. The van der Waals surface area contributed by atoms with E-state index in [4.69, 9.17) is 0 Å². The predicted octanol–water partition coefficient (Wildman–Crippen LogP) is 2.74. The smallest absolute Gasteiger partial charge is 0.115 e. The van der Waals surface area contributed by atoms with Gasteiger partial charge >= 0.3 is 0 Å². The van der Waals surface area contributed by atoms with E-state index in [1.165, 1.54) is 32.1 Å². The van der Waals surface area contributed by atoms with Crippen LogP contribution >= 0.6 is 0 Å². The van der Waals surface area contributed by atoms with Crippen LogP contribution in [0.4, 0.5) is 0 Å². The van der Waals surface area contributed by atoms with Crippen molar-refractivity contribution in [3.05, 3.63) is 29.8 Å². The summed E-state index contributed by atoms with van der Waals surface area (Å²) < 4.78 is 0. The molecule has 1 fully saturated rings. The van der Waals surface area contributed by atoms with E-state index in [2.05, 4.69) is 5.32 Å². The fourth-order valence-electron chi connectivity index (χ4n) is 2.69. The Morgan fingerprint density at radius 1 is 1.11 bits per heavy atom. The first-order valence-electron chi connectivity index (χ1n) is 6.90. The van der Waals surface area contributed by atoms with Gasteiger partial charge in [0.25, 0.3) is 0 Å². The zero-order valence-electron chi connectivity index (χ0n) is 11.0. The summed E-state index contributed by atoms with van der Waals surface area (Å²) in [5.41, 5.74) is 0.851. The molecule has 0 radical (unpaired) electrons. The number of benzene rings is 1. The van der Waals surface area contributed by atoms with Gasteiger partial charge in [0.2, 0.25) is 0 Å². The number of rotatable bonds is 4. The van der Waals surface area contributed by atoms with Crippen molar-refractivity contribution in [1.82, 2.24) is 5.32 Å². The van der Waals surface area contributed by atoms with Crippen molar-refractivity contribution in [3.8, 4) is 5.75 Å². The quantitative estimate of drug-likeness (QED) is 0.769.